The van der Waals surface area contributed by atoms with E-state index in [0.29, 0.717) is 11.6 Å². The quantitative estimate of drug-likeness (QED) is 0.891. The van der Waals surface area contributed by atoms with Gasteiger partial charge in [-0.3, -0.25) is 5.10 Å². The highest BCUT2D eigenvalue weighted by Crippen LogP contribution is 2.15. The Labute approximate surface area is 97.9 Å². The van der Waals surface area contributed by atoms with Crippen molar-refractivity contribution in [1.29, 1.82) is 0 Å². The van der Waals surface area contributed by atoms with Crippen LogP contribution >= 0.6 is 0 Å². The molecular formula is C12H13F2N3. The van der Waals surface area contributed by atoms with Crippen molar-refractivity contribution in [3.63, 3.8) is 0 Å². The van der Waals surface area contributed by atoms with Gasteiger partial charge in [-0.25, -0.2) is 13.8 Å². The molecule has 0 bridgehead atoms. The Morgan fingerprint density at radius 2 is 2.06 bits per heavy atom. The van der Waals surface area contributed by atoms with Crippen LogP contribution in [-0.4, -0.2) is 15.2 Å². The molecule has 0 radical (unpaired) electrons. The SMILES string of the molecule is CC(C)c1n[nH]c(Cc2cccc(F)c2F)n1. The van der Waals surface area contributed by atoms with E-state index in [1.54, 1.807) is 0 Å². The standard InChI is InChI=1S/C12H13F2N3/c1-7(2)12-15-10(16-17-12)6-8-4-3-5-9(13)11(8)14/h3-5,7H,6H2,1-2H3,(H,15,16,17). The van der Waals surface area contributed by atoms with Crippen LogP contribution in [0.3, 0.4) is 0 Å². The van der Waals surface area contributed by atoms with Crippen molar-refractivity contribution in [3.05, 3.63) is 47.0 Å². The van der Waals surface area contributed by atoms with Crippen LogP contribution in [0.1, 0.15) is 37.0 Å². The topological polar surface area (TPSA) is 41.6 Å². The van der Waals surface area contributed by atoms with Gasteiger partial charge >= 0.3 is 0 Å². The molecule has 17 heavy (non-hydrogen) atoms. The molecule has 2 aromatic rings. The third-order valence-electron chi connectivity index (χ3n) is 2.45. The molecule has 0 fully saturated rings. The molecule has 90 valence electrons. The van der Waals surface area contributed by atoms with E-state index >= 15 is 0 Å². The summed E-state index contributed by atoms with van der Waals surface area (Å²) in [5.41, 5.74) is 0.274. The number of nitrogens with one attached hydrogen (secondary N) is 1. The second kappa shape index (κ2) is 4.61. The molecule has 0 spiro atoms. The smallest absolute Gasteiger partial charge is 0.162 e. The van der Waals surface area contributed by atoms with Gasteiger partial charge in [-0.05, 0) is 11.6 Å². The molecule has 1 aromatic carbocycles. The molecular weight excluding hydrogens is 224 g/mol. The predicted molar refractivity (Wildman–Crippen MR) is 59.6 cm³/mol. The highest BCUT2D eigenvalue weighted by Gasteiger charge is 2.11. The Morgan fingerprint density at radius 3 is 2.71 bits per heavy atom. The monoisotopic (exact) mass is 237 g/mol. The van der Waals surface area contributed by atoms with Crippen molar-refractivity contribution in [1.82, 2.24) is 15.2 Å². The molecule has 0 amide bonds. The van der Waals surface area contributed by atoms with E-state index in [4.69, 9.17) is 0 Å². The van der Waals surface area contributed by atoms with E-state index in [2.05, 4.69) is 15.2 Å². The van der Waals surface area contributed by atoms with Crippen LogP contribution in [0.5, 0.6) is 0 Å². The van der Waals surface area contributed by atoms with Gasteiger partial charge in [0.15, 0.2) is 17.5 Å². The van der Waals surface area contributed by atoms with Crippen LogP contribution in [0.15, 0.2) is 18.2 Å². The lowest BCUT2D eigenvalue weighted by molar-refractivity contribution is 0.500. The van der Waals surface area contributed by atoms with Gasteiger partial charge in [-0.1, -0.05) is 26.0 Å². The minimum absolute atomic E-state index is 0.206. The van der Waals surface area contributed by atoms with E-state index in [0.717, 1.165) is 6.07 Å². The molecule has 2 rings (SSSR count). The largest absolute Gasteiger partial charge is 0.263 e. The maximum atomic E-state index is 13.4. The average molecular weight is 237 g/mol. The predicted octanol–water partition coefficient (Wildman–Crippen LogP) is 2.80. The van der Waals surface area contributed by atoms with Gasteiger partial charge in [0, 0.05) is 12.3 Å². The van der Waals surface area contributed by atoms with E-state index in [9.17, 15) is 8.78 Å². The van der Waals surface area contributed by atoms with Crippen LogP contribution in [0.25, 0.3) is 0 Å². The molecule has 3 nitrogen and oxygen atoms in total. The summed E-state index contributed by atoms with van der Waals surface area (Å²) in [6, 6.07) is 4.11. The number of hydrogen-bond donors (Lipinski definition) is 1. The molecule has 0 atom stereocenters. The highest BCUT2D eigenvalue weighted by atomic mass is 19.2. The molecule has 0 aliphatic rings. The molecule has 0 aliphatic heterocycles. The number of hydrogen-bond acceptors (Lipinski definition) is 2. The second-order valence-electron chi connectivity index (χ2n) is 4.18. The summed E-state index contributed by atoms with van der Waals surface area (Å²) in [4.78, 5) is 4.22. The highest BCUT2D eigenvalue weighted by molar-refractivity contribution is 5.22. The Bertz CT molecular complexity index is 520. The zero-order chi connectivity index (χ0) is 12.4. The third-order valence-corrected chi connectivity index (χ3v) is 2.45. The van der Waals surface area contributed by atoms with Gasteiger partial charge in [0.1, 0.15) is 5.82 Å². The Balaban J connectivity index is 2.22. The van der Waals surface area contributed by atoms with Gasteiger partial charge in [-0.2, -0.15) is 5.10 Å². The Kier molecular flexibility index (Phi) is 3.17. The van der Waals surface area contributed by atoms with Crippen molar-refractivity contribution >= 4 is 0 Å². The lowest BCUT2D eigenvalue weighted by atomic mass is 10.1. The molecule has 5 heteroatoms. The number of nitrogens with zero attached hydrogens (tertiary/aromatic N) is 2. The molecule has 0 saturated heterocycles. The molecule has 1 heterocycles. The van der Waals surface area contributed by atoms with E-state index < -0.39 is 11.6 Å². The van der Waals surface area contributed by atoms with Gasteiger partial charge < -0.3 is 0 Å². The lowest BCUT2D eigenvalue weighted by Gasteiger charge is -2.00. The van der Waals surface area contributed by atoms with Crippen LogP contribution in [-0.2, 0) is 6.42 Å². The Hall–Kier alpha value is -1.78. The van der Waals surface area contributed by atoms with Crippen LogP contribution in [0, 0.1) is 11.6 Å². The van der Waals surface area contributed by atoms with E-state index in [-0.39, 0.29) is 17.9 Å². The molecule has 0 unspecified atom stereocenters. The summed E-state index contributed by atoms with van der Waals surface area (Å²) < 4.78 is 26.4. The van der Waals surface area contributed by atoms with Crippen molar-refractivity contribution in [2.45, 2.75) is 26.2 Å². The van der Waals surface area contributed by atoms with Gasteiger partial charge in [-0.15, -0.1) is 0 Å². The van der Waals surface area contributed by atoms with Crippen LogP contribution < -0.4 is 0 Å². The first-order valence-electron chi connectivity index (χ1n) is 5.42. The van der Waals surface area contributed by atoms with Gasteiger partial charge in [0.25, 0.3) is 0 Å². The maximum absolute atomic E-state index is 13.4. The molecule has 1 aromatic heterocycles. The summed E-state index contributed by atoms with van der Waals surface area (Å²) in [7, 11) is 0. The fourth-order valence-electron chi connectivity index (χ4n) is 1.51. The van der Waals surface area contributed by atoms with Crippen molar-refractivity contribution in [3.8, 4) is 0 Å². The van der Waals surface area contributed by atoms with Crippen LogP contribution in [0.2, 0.25) is 0 Å². The van der Waals surface area contributed by atoms with Crippen molar-refractivity contribution in [2.24, 2.45) is 0 Å². The van der Waals surface area contributed by atoms with E-state index in [1.807, 2.05) is 13.8 Å². The number of halogens is 2. The number of H-pyrrole nitrogens is 1. The van der Waals surface area contributed by atoms with Crippen molar-refractivity contribution in [2.75, 3.05) is 0 Å². The van der Waals surface area contributed by atoms with Crippen molar-refractivity contribution < 1.29 is 8.78 Å². The fourth-order valence-corrected chi connectivity index (χ4v) is 1.51. The number of benzene rings is 1. The number of aromatic nitrogens is 3. The first-order chi connectivity index (χ1) is 8.08. The summed E-state index contributed by atoms with van der Waals surface area (Å²) in [5.74, 6) is -0.242. The maximum Gasteiger partial charge on any atom is 0.162 e. The first kappa shape index (κ1) is 11.7. The fraction of sp³-hybridized carbons (Fsp3) is 0.333. The minimum Gasteiger partial charge on any atom is -0.263 e. The zero-order valence-electron chi connectivity index (χ0n) is 9.67. The Morgan fingerprint density at radius 1 is 1.29 bits per heavy atom. The molecule has 0 saturated carbocycles. The summed E-state index contributed by atoms with van der Waals surface area (Å²) in [6.45, 7) is 3.94. The normalized spacial score (nSPS) is 11.1. The third kappa shape index (κ3) is 2.49. The first-order valence-corrected chi connectivity index (χ1v) is 5.42. The van der Waals surface area contributed by atoms with Gasteiger partial charge in [0.05, 0.1) is 0 Å². The summed E-state index contributed by atoms with van der Waals surface area (Å²) in [5, 5.41) is 6.74. The zero-order valence-corrected chi connectivity index (χ0v) is 9.67. The number of aromatic amines is 1. The average Bonchev–Trinajstić information content (AvgIpc) is 2.73. The molecule has 0 aliphatic carbocycles. The van der Waals surface area contributed by atoms with E-state index in [1.165, 1.54) is 12.1 Å². The lowest BCUT2D eigenvalue weighted by Crippen LogP contribution is -1.97. The number of rotatable bonds is 3. The molecule has 1 N–H and O–H groups in total. The van der Waals surface area contributed by atoms with Gasteiger partial charge in [0.2, 0.25) is 0 Å². The minimum atomic E-state index is -0.842. The summed E-state index contributed by atoms with van der Waals surface area (Å²) in [6.07, 6.45) is 0.212. The van der Waals surface area contributed by atoms with Crippen LogP contribution in [0.4, 0.5) is 8.78 Å². The summed E-state index contributed by atoms with van der Waals surface area (Å²) >= 11 is 0. The second-order valence-corrected chi connectivity index (χ2v) is 4.18.